The van der Waals surface area contributed by atoms with Crippen LogP contribution in [0.1, 0.15) is 54.0 Å². The number of phenols is 1. The second-order valence-corrected chi connectivity index (χ2v) is 13.9. The molecular weight excluding hydrogens is 664 g/mol. The number of fused-ring (bicyclic) bond motifs is 5. The van der Waals surface area contributed by atoms with Gasteiger partial charge in [0.25, 0.3) is 5.79 Å². The number of carbonyl (C=O) groups is 1. The van der Waals surface area contributed by atoms with Crippen molar-refractivity contribution < 1.29 is 58.7 Å². The minimum absolute atomic E-state index is 0.0187. The molecule has 3 aromatic carbocycles. The fourth-order valence-electron chi connectivity index (χ4n) is 9.01. The predicted molar refractivity (Wildman–Crippen MR) is 179 cm³/mol. The number of hydrogen-bond donors (Lipinski definition) is 7. The molecule has 1 spiro atoms. The summed E-state index contributed by atoms with van der Waals surface area (Å²) in [5, 5.41) is 60.7. The summed E-state index contributed by atoms with van der Waals surface area (Å²) in [6, 6.07) is 9.40. The van der Waals surface area contributed by atoms with E-state index in [0.29, 0.717) is 51.8 Å². The molecule has 1 fully saturated rings. The molecule has 3 aromatic rings. The number of nitrogens with one attached hydrogen (secondary N) is 2. The van der Waals surface area contributed by atoms with Gasteiger partial charge in [0.2, 0.25) is 11.4 Å². The van der Waals surface area contributed by atoms with Crippen LogP contribution in [-0.2, 0) is 9.53 Å². The first-order valence-corrected chi connectivity index (χ1v) is 17.0. The lowest BCUT2D eigenvalue weighted by Crippen LogP contribution is -2.79. The molecule has 14 nitrogen and oxygen atoms in total. The summed E-state index contributed by atoms with van der Waals surface area (Å²) >= 11 is 0. The number of aliphatic carboxylic acids is 1. The van der Waals surface area contributed by atoms with Crippen molar-refractivity contribution in [3.8, 4) is 45.6 Å². The zero-order valence-electron chi connectivity index (χ0n) is 28.0. The largest absolute Gasteiger partial charge is 0.508 e. The van der Waals surface area contributed by atoms with E-state index in [1.165, 1.54) is 6.08 Å². The summed E-state index contributed by atoms with van der Waals surface area (Å²) in [6.07, 6.45) is -1.72. The van der Waals surface area contributed by atoms with Gasteiger partial charge in [0, 0.05) is 17.2 Å². The second-order valence-electron chi connectivity index (χ2n) is 13.9. The van der Waals surface area contributed by atoms with Crippen LogP contribution in [-0.4, -0.2) is 94.6 Å². The first-order chi connectivity index (χ1) is 24.6. The number of carboxylic acid groups (broad SMARTS) is 1. The lowest BCUT2D eigenvalue weighted by Gasteiger charge is -2.57. The monoisotopic (exact) mass is 702 g/mol. The summed E-state index contributed by atoms with van der Waals surface area (Å²) in [5.41, 5.74) is 1.89. The maximum Gasteiger partial charge on any atom is 0.343 e. The number of benzene rings is 3. The summed E-state index contributed by atoms with van der Waals surface area (Å²) < 4.78 is 38.2. The Kier molecular flexibility index (Phi) is 7.03. The molecule has 0 saturated carbocycles. The van der Waals surface area contributed by atoms with Crippen LogP contribution in [0.4, 0.5) is 5.69 Å². The van der Waals surface area contributed by atoms with E-state index in [2.05, 4.69) is 10.6 Å². The van der Waals surface area contributed by atoms with Crippen LogP contribution in [0.3, 0.4) is 0 Å². The molecular formula is C37H38N2O12. The van der Waals surface area contributed by atoms with Crippen LogP contribution < -0.4 is 34.3 Å². The molecule has 0 radical (unpaired) electrons. The SMILES string of the molecule is CN[C@@H]1CCC[C@H]2Oc3c4c(cc(-c5cccc(O)c5)c3[C@@H]3Oc5c(OC)c(OC)cc1c5[C@H]23)O[C@@]12O[C@](C(=O)O)(C=C[C@H]1N4)[C@@H](O)[C@H](O)[C@H]2O. The van der Waals surface area contributed by atoms with Gasteiger partial charge >= 0.3 is 5.97 Å². The molecule has 5 heterocycles. The van der Waals surface area contributed by atoms with Crippen molar-refractivity contribution in [2.45, 2.75) is 79.2 Å². The van der Waals surface area contributed by atoms with E-state index >= 15 is 0 Å². The van der Waals surface area contributed by atoms with E-state index in [9.17, 15) is 30.3 Å². The molecule has 9 rings (SSSR count). The number of methoxy groups -OCH3 is 2. The van der Waals surface area contributed by atoms with Crippen molar-refractivity contribution in [3.05, 3.63) is 65.2 Å². The molecule has 14 heteroatoms. The molecule has 268 valence electrons. The van der Waals surface area contributed by atoms with Gasteiger partial charge in [-0.3, -0.25) is 0 Å². The number of aliphatic hydroxyl groups is 3. The normalized spacial score (nSPS) is 34.8. The van der Waals surface area contributed by atoms with Gasteiger partial charge in [-0.15, -0.1) is 0 Å². The number of aliphatic hydroxyl groups excluding tert-OH is 3. The second kappa shape index (κ2) is 11.1. The zero-order chi connectivity index (χ0) is 35.6. The lowest BCUT2D eigenvalue weighted by atomic mass is 9.74. The van der Waals surface area contributed by atoms with Gasteiger partial charge in [-0.25, -0.2) is 4.79 Å². The summed E-state index contributed by atoms with van der Waals surface area (Å²) in [4.78, 5) is 12.5. The molecule has 5 aliphatic heterocycles. The van der Waals surface area contributed by atoms with Gasteiger partial charge in [0.1, 0.15) is 41.9 Å². The van der Waals surface area contributed by atoms with E-state index < -0.39 is 47.8 Å². The Labute approximate surface area is 292 Å². The molecule has 0 amide bonds. The fourth-order valence-corrected chi connectivity index (χ4v) is 9.01. The Morgan fingerprint density at radius 2 is 1.84 bits per heavy atom. The average molecular weight is 703 g/mol. The maximum absolute atomic E-state index is 12.5. The van der Waals surface area contributed by atoms with Crippen molar-refractivity contribution in [1.29, 1.82) is 0 Å². The standard InChI is InChI=1S/C37H38N2O12/c1-38-19-8-5-9-20-26-24-18(19)14-22(46-2)29(47-3)32(24)49-30(26)25-17(15-6-4-7-16(40)12-15)13-21-27(31(25)48-20)39-23-10-11-36(35(44)45)33(42)28(41)34(43)37(23,50-21)51-36/h4,6-7,10-14,19-20,23,26,28,30,33-34,38-43H,5,8-9H2,1-3H3,(H,44,45)/t19-,20-,23-,26+,28+,30+,33+,34-,36-,37-/m1/s1. The van der Waals surface area contributed by atoms with E-state index in [0.717, 1.165) is 30.0 Å². The van der Waals surface area contributed by atoms with E-state index in [4.69, 9.17) is 28.4 Å². The molecule has 1 saturated heterocycles. The van der Waals surface area contributed by atoms with Crippen molar-refractivity contribution >= 4 is 11.7 Å². The average Bonchev–Trinajstić information content (AvgIpc) is 3.53. The smallest absolute Gasteiger partial charge is 0.343 e. The van der Waals surface area contributed by atoms with Gasteiger partial charge in [-0.05, 0) is 73.3 Å². The van der Waals surface area contributed by atoms with E-state index in [1.807, 2.05) is 19.2 Å². The highest BCUT2D eigenvalue weighted by Crippen LogP contribution is 2.65. The number of ether oxygens (including phenoxy) is 6. The first kappa shape index (κ1) is 32.2. The molecule has 0 aromatic heterocycles. The number of anilines is 1. The van der Waals surface area contributed by atoms with Crippen LogP contribution >= 0.6 is 0 Å². The zero-order valence-corrected chi connectivity index (χ0v) is 28.0. The lowest BCUT2D eigenvalue weighted by molar-refractivity contribution is -0.356. The van der Waals surface area contributed by atoms with Crippen molar-refractivity contribution in [1.82, 2.24) is 5.32 Å². The Balaban J connectivity index is 1.27. The van der Waals surface area contributed by atoms with Crippen LogP contribution in [0.2, 0.25) is 0 Å². The molecule has 51 heavy (non-hydrogen) atoms. The summed E-state index contributed by atoms with van der Waals surface area (Å²) in [6.45, 7) is 0. The molecule has 1 aliphatic carbocycles. The molecule has 6 aliphatic rings. The third kappa shape index (κ3) is 4.19. The number of aromatic hydroxyl groups is 1. The number of rotatable bonds is 5. The van der Waals surface area contributed by atoms with Crippen LogP contribution in [0.25, 0.3) is 11.1 Å². The van der Waals surface area contributed by atoms with E-state index in [-0.39, 0.29) is 29.6 Å². The highest BCUT2D eigenvalue weighted by atomic mass is 16.7. The molecule has 0 unspecified atom stereocenters. The van der Waals surface area contributed by atoms with E-state index in [1.54, 1.807) is 38.5 Å². The molecule has 10 atom stereocenters. The topological polar surface area (TPSA) is 198 Å². The molecule has 7 N–H and O–H groups in total. The van der Waals surface area contributed by atoms with Gasteiger partial charge in [-0.2, -0.15) is 0 Å². The maximum atomic E-state index is 12.5. The summed E-state index contributed by atoms with van der Waals surface area (Å²) in [5.74, 6) is -1.80. The third-order valence-corrected chi connectivity index (χ3v) is 11.4. The predicted octanol–water partition coefficient (Wildman–Crippen LogP) is 2.87. The number of carboxylic acids is 1. The fraction of sp³-hybridized carbons (Fsp3) is 0.432. The van der Waals surface area contributed by atoms with Crippen molar-refractivity contribution in [3.63, 3.8) is 0 Å². The molecule has 2 bridgehead atoms. The van der Waals surface area contributed by atoms with Gasteiger partial charge < -0.3 is 64.6 Å². The Bertz CT molecular complexity index is 2000. The summed E-state index contributed by atoms with van der Waals surface area (Å²) in [7, 11) is 5.10. The minimum Gasteiger partial charge on any atom is -0.508 e. The Morgan fingerprint density at radius 1 is 1.02 bits per heavy atom. The van der Waals surface area contributed by atoms with Crippen LogP contribution in [0, 0.1) is 0 Å². The van der Waals surface area contributed by atoms with Gasteiger partial charge in [-0.1, -0.05) is 18.2 Å². The quantitative estimate of drug-likeness (QED) is 0.192. The highest BCUT2D eigenvalue weighted by molar-refractivity contribution is 5.86. The number of phenolic OH excluding ortho intramolecular Hbond substituents is 1. The van der Waals surface area contributed by atoms with Gasteiger partial charge in [0.15, 0.2) is 29.1 Å². The van der Waals surface area contributed by atoms with Gasteiger partial charge in [0.05, 0.1) is 20.1 Å². The first-order valence-electron chi connectivity index (χ1n) is 17.0. The third-order valence-electron chi connectivity index (χ3n) is 11.4. The van der Waals surface area contributed by atoms with Crippen LogP contribution in [0.5, 0.6) is 34.5 Å². The Morgan fingerprint density at radius 3 is 2.57 bits per heavy atom. The van der Waals surface area contributed by atoms with Crippen LogP contribution in [0.15, 0.2) is 48.6 Å². The minimum atomic E-state index is -2.38. The Hall–Kier alpha value is -4.73. The highest BCUT2D eigenvalue weighted by Gasteiger charge is 2.70. The van der Waals surface area contributed by atoms with Crippen molar-refractivity contribution in [2.24, 2.45) is 0 Å². The number of hydrogen-bond acceptors (Lipinski definition) is 13. The van der Waals surface area contributed by atoms with Crippen molar-refractivity contribution in [2.75, 3.05) is 26.6 Å².